The van der Waals surface area contributed by atoms with E-state index in [1.807, 2.05) is 0 Å². The van der Waals surface area contributed by atoms with Crippen LogP contribution in [0.1, 0.15) is 0 Å². The minimum Gasteiger partial charge on any atom is -0.505 e. The molecular weight excluding hydrogens is 301 g/mol. The molecule has 0 amide bonds. The maximum Gasteiger partial charge on any atom is 0.165 e. The molecule has 0 unspecified atom stereocenters. The molecule has 0 aliphatic rings. The first-order valence-corrected chi connectivity index (χ1v) is 6.64. The van der Waals surface area contributed by atoms with Gasteiger partial charge in [-0.1, -0.05) is 11.3 Å². The molecule has 0 fully saturated rings. The number of aromatic nitrogens is 2. The van der Waals surface area contributed by atoms with Gasteiger partial charge in [-0.2, -0.15) is 0 Å². The summed E-state index contributed by atoms with van der Waals surface area (Å²) >= 11 is 1.04. The van der Waals surface area contributed by atoms with Crippen LogP contribution in [-0.4, -0.2) is 15.3 Å². The Labute approximate surface area is 121 Å². The van der Waals surface area contributed by atoms with E-state index in [9.17, 15) is 13.2 Å². The summed E-state index contributed by atoms with van der Waals surface area (Å²) in [4.78, 5) is 0. The molecule has 0 spiro atoms. The Morgan fingerprint density at radius 2 is 1.62 bits per heavy atom. The molecule has 7 heteroatoms. The fourth-order valence-electron chi connectivity index (χ4n) is 1.75. The Morgan fingerprint density at radius 3 is 2.33 bits per heavy atom. The third-order valence-electron chi connectivity index (χ3n) is 2.78. The molecule has 3 aromatic rings. The number of rotatable bonds is 2. The van der Waals surface area contributed by atoms with Crippen molar-refractivity contribution in [2.75, 3.05) is 0 Å². The van der Waals surface area contributed by atoms with E-state index in [2.05, 4.69) is 10.2 Å². The SMILES string of the molecule is Oc1ccc(-c2nnc(-c3ccc(F)cc3F)s2)cc1F. The molecule has 2 aromatic carbocycles. The second kappa shape index (κ2) is 5.17. The Kier molecular flexibility index (Phi) is 3.34. The number of halogens is 3. The molecule has 1 aromatic heterocycles. The Morgan fingerprint density at radius 1 is 0.857 bits per heavy atom. The molecule has 3 rings (SSSR count). The maximum atomic E-state index is 13.7. The number of hydrogen-bond acceptors (Lipinski definition) is 4. The quantitative estimate of drug-likeness (QED) is 0.778. The van der Waals surface area contributed by atoms with Crippen LogP contribution in [0.4, 0.5) is 13.2 Å². The van der Waals surface area contributed by atoms with Gasteiger partial charge in [0, 0.05) is 17.2 Å². The fraction of sp³-hybridized carbons (Fsp3) is 0. The normalized spacial score (nSPS) is 10.8. The van der Waals surface area contributed by atoms with Crippen molar-refractivity contribution < 1.29 is 18.3 Å². The van der Waals surface area contributed by atoms with Gasteiger partial charge in [0.1, 0.15) is 16.6 Å². The van der Waals surface area contributed by atoms with Crippen LogP contribution >= 0.6 is 11.3 Å². The molecule has 1 heterocycles. The zero-order valence-electron chi connectivity index (χ0n) is 10.3. The summed E-state index contributed by atoms with van der Waals surface area (Å²) < 4.78 is 39.9. The van der Waals surface area contributed by atoms with Crippen molar-refractivity contribution in [3.8, 4) is 26.9 Å². The summed E-state index contributed by atoms with van der Waals surface area (Å²) in [7, 11) is 0. The van der Waals surface area contributed by atoms with Gasteiger partial charge in [-0.25, -0.2) is 13.2 Å². The van der Waals surface area contributed by atoms with E-state index in [4.69, 9.17) is 5.11 Å². The summed E-state index contributed by atoms with van der Waals surface area (Å²) in [6.45, 7) is 0. The van der Waals surface area contributed by atoms with Gasteiger partial charge >= 0.3 is 0 Å². The molecule has 0 saturated carbocycles. The van der Waals surface area contributed by atoms with Gasteiger partial charge in [0.2, 0.25) is 0 Å². The van der Waals surface area contributed by atoms with Crippen molar-refractivity contribution >= 4 is 11.3 Å². The second-order valence-electron chi connectivity index (χ2n) is 4.20. The van der Waals surface area contributed by atoms with Gasteiger partial charge in [0.05, 0.1) is 0 Å². The van der Waals surface area contributed by atoms with Crippen LogP contribution in [0.2, 0.25) is 0 Å². The van der Waals surface area contributed by atoms with Crippen molar-refractivity contribution in [1.29, 1.82) is 0 Å². The summed E-state index contributed by atoms with van der Waals surface area (Å²) in [5, 5.41) is 17.5. The fourth-order valence-corrected chi connectivity index (χ4v) is 2.62. The van der Waals surface area contributed by atoms with Crippen molar-refractivity contribution in [3.05, 3.63) is 53.8 Å². The van der Waals surface area contributed by atoms with Crippen LogP contribution in [0.15, 0.2) is 36.4 Å². The third-order valence-corrected chi connectivity index (χ3v) is 3.79. The first-order chi connectivity index (χ1) is 10.0. The lowest BCUT2D eigenvalue weighted by Gasteiger charge is -1.98. The highest BCUT2D eigenvalue weighted by Crippen LogP contribution is 2.32. The van der Waals surface area contributed by atoms with Crippen LogP contribution in [-0.2, 0) is 0 Å². The second-order valence-corrected chi connectivity index (χ2v) is 5.18. The van der Waals surface area contributed by atoms with Crippen LogP contribution in [0.5, 0.6) is 5.75 Å². The van der Waals surface area contributed by atoms with E-state index in [0.29, 0.717) is 10.6 Å². The molecule has 0 aliphatic carbocycles. The van der Waals surface area contributed by atoms with Gasteiger partial charge in [-0.3, -0.25) is 0 Å². The number of nitrogens with zero attached hydrogens (tertiary/aromatic N) is 2. The monoisotopic (exact) mass is 308 g/mol. The molecular formula is C14H7F3N2OS. The van der Waals surface area contributed by atoms with E-state index in [0.717, 1.165) is 29.5 Å². The molecule has 106 valence electrons. The van der Waals surface area contributed by atoms with E-state index < -0.39 is 23.2 Å². The zero-order chi connectivity index (χ0) is 15.0. The average molecular weight is 308 g/mol. The first kappa shape index (κ1) is 13.6. The predicted octanol–water partition coefficient (Wildman–Crippen LogP) is 4.00. The molecule has 3 nitrogen and oxygen atoms in total. The zero-order valence-corrected chi connectivity index (χ0v) is 11.2. The number of aromatic hydroxyl groups is 1. The number of phenolic OH excluding ortho intramolecular Hbond substituents is 1. The van der Waals surface area contributed by atoms with Crippen LogP contribution in [0.25, 0.3) is 21.1 Å². The van der Waals surface area contributed by atoms with Crippen molar-refractivity contribution in [2.24, 2.45) is 0 Å². The number of phenols is 1. The molecule has 1 N–H and O–H groups in total. The summed E-state index contributed by atoms with van der Waals surface area (Å²) in [6.07, 6.45) is 0. The lowest BCUT2D eigenvalue weighted by atomic mass is 10.2. The van der Waals surface area contributed by atoms with Crippen LogP contribution in [0.3, 0.4) is 0 Å². The van der Waals surface area contributed by atoms with E-state index in [1.165, 1.54) is 18.2 Å². The predicted molar refractivity (Wildman–Crippen MR) is 72.3 cm³/mol. The standard InChI is InChI=1S/C14H7F3N2OS/c15-8-2-3-9(10(16)6-8)14-19-18-13(21-14)7-1-4-12(20)11(17)5-7/h1-6,20H. The van der Waals surface area contributed by atoms with Crippen LogP contribution in [0, 0.1) is 17.5 Å². The Hall–Kier alpha value is -2.41. The topological polar surface area (TPSA) is 46.0 Å². The smallest absolute Gasteiger partial charge is 0.165 e. The summed E-state index contributed by atoms with van der Waals surface area (Å²) in [6, 6.07) is 6.94. The minimum absolute atomic E-state index is 0.124. The first-order valence-electron chi connectivity index (χ1n) is 5.82. The maximum absolute atomic E-state index is 13.7. The van der Waals surface area contributed by atoms with E-state index in [-0.39, 0.29) is 10.6 Å². The Bertz CT molecular complexity index is 820. The van der Waals surface area contributed by atoms with Gasteiger partial charge < -0.3 is 5.11 Å². The molecule has 0 atom stereocenters. The molecule has 0 aliphatic heterocycles. The molecule has 0 bridgehead atoms. The van der Waals surface area contributed by atoms with Crippen molar-refractivity contribution in [3.63, 3.8) is 0 Å². The minimum atomic E-state index is -0.780. The van der Waals surface area contributed by atoms with Gasteiger partial charge in [0.15, 0.2) is 16.6 Å². The Balaban J connectivity index is 2.01. The molecule has 0 saturated heterocycles. The van der Waals surface area contributed by atoms with Gasteiger partial charge in [-0.05, 0) is 30.3 Å². The van der Waals surface area contributed by atoms with Crippen molar-refractivity contribution in [1.82, 2.24) is 10.2 Å². The summed E-state index contributed by atoms with van der Waals surface area (Å²) in [5.74, 6) is -2.67. The molecule has 21 heavy (non-hydrogen) atoms. The average Bonchev–Trinajstić information content (AvgIpc) is 2.91. The highest BCUT2D eigenvalue weighted by Gasteiger charge is 2.14. The summed E-state index contributed by atoms with van der Waals surface area (Å²) in [5.41, 5.74) is 0.538. The molecule has 0 radical (unpaired) electrons. The number of benzene rings is 2. The highest BCUT2D eigenvalue weighted by molar-refractivity contribution is 7.17. The lowest BCUT2D eigenvalue weighted by molar-refractivity contribution is 0.432. The van der Waals surface area contributed by atoms with E-state index >= 15 is 0 Å². The number of hydrogen-bond donors (Lipinski definition) is 1. The lowest BCUT2D eigenvalue weighted by Crippen LogP contribution is -1.85. The largest absolute Gasteiger partial charge is 0.505 e. The van der Waals surface area contributed by atoms with Gasteiger partial charge in [-0.15, -0.1) is 10.2 Å². The van der Waals surface area contributed by atoms with E-state index in [1.54, 1.807) is 0 Å². The van der Waals surface area contributed by atoms with Crippen molar-refractivity contribution in [2.45, 2.75) is 0 Å². The van der Waals surface area contributed by atoms with Gasteiger partial charge in [0.25, 0.3) is 0 Å². The highest BCUT2D eigenvalue weighted by atomic mass is 32.1. The third kappa shape index (κ3) is 2.59. The van der Waals surface area contributed by atoms with Crippen LogP contribution < -0.4 is 0 Å².